The molecule has 116 valence electrons. The molecule has 0 radical (unpaired) electrons. The molecule has 3 N–H and O–H groups in total. The van der Waals surface area contributed by atoms with Crippen LogP contribution in [0, 0.1) is 10.1 Å². The van der Waals surface area contributed by atoms with Crippen molar-refractivity contribution in [2.45, 2.75) is 17.9 Å². The first-order valence-corrected chi connectivity index (χ1v) is 7.96. The normalized spacial score (nSPS) is 12.6. The summed E-state index contributed by atoms with van der Waals surface area (Å²) < 4.78 is 22.7. The van der Waals surface area contributed by atoms with E-state index in [0.717, 1.165) is 5.56 Å². The zero-order valence-electron chi connectivity index (χ0n) is 11.8. The highest BCUT2D eigenvalue weighted by atomic mass is 32.2. The van der Waals surface area contributed by atoms with Crippen molar-refractivity contribution in [2.75, 3.05) is 5.32 Å². The summed E-state index contributed by atoms with van der Waals surface area (Å²) in [5.41, 5.74) is 1.44. The molecule has 8 heteroatoms. The first-order valence-electron chi connectivity index (χ1n) is 6.41. The summed E-state index contributed by atoms with van der Waals surface area (Å²) >= 11 is 0. The predicted molar refractivity (Wildman–Crippen MR) is 82.9 cm³/mol. The summed E-state index contributed by atoms with van der Waals surface area (Å²) in [6.07, 6.45) is 0. The maximum atomic E-state index is 11.4. The molecule has 0 aliphatic rings. The molecule has 0 spiro atoms. The van der Waals surface area contributed by atoms with Gasteiger partial charge in [-0.25, -0.2) is 13.6 Å². The number of hydrogen-bond donors (Lipinski definition) is 2. The van der Waals surface area contributed by atoms with Crippen LogP contribution < -0.4 is 10.5 Å². The number of rotatable bonds is 5. The maximum Gasteiger partial charge on any atom is 0.269 e. The van der Waals surface area contributed by atoms with Gasteiger partial charge in [-0.2, -0.15) is 0 Å². The topological polar surface area (TPSA) is 115 Å². The number of nitro benzene ring substituents is 1. The van der Waals surface area contributed by atoms with Crippen molar-refractivity contribution in [1.29, 1.82) is 0 Å². The average molecular weight is 321 g/mol. The Morgan fingerprint density at radius 3 is 2.36 bits per heavy atom. The molecule has 0 amide bonds. The quantitative estimate of drug-likeness (QED) is 0.648. The van der Waals surface area contributed by atoms with Gasteiger partial charge in [-0.3, -0.25) is 10.1 Å². The first-order chi connectivity index (χ1) is 10.3. The van der Waals surface area contributed by atoms with Crippen LogP contribution in [0.15, 0.2) is 53.4 Å². The highest BCUT2D eigenvalue weighted by Gasteiger charge is 2.12. The van der Waals surface area contributed by atoms with E-state index in [1.165, 1.54) is 24.3 Å². The van der Waals surface area contributed by atoms with Crippen LogP contribution in [-0.2, 0) is 10.0 Å². The number of hydrogen-bond acceptors (Lipinski definition) is 5. The van der Waals surface area contributed by atoms with E-state index >= 15 is 0 Å². The van der Waals surface area contributed by atoms with Crippen LogP contribution in [0.1, 0.15) is 18.5 Å². The van der Waals surface area contributed by atoms with Crippen LogP contribution in [0.25, 0.3) is 0 Å². The summed E-state index contributed by atoms with van der Waals surface area (Å²) in [4.78, 5) is 10.2. The smallest absolute Gasteiger partial charge is 0.269 e. The number of non-ortho nitro benzene ring substituents is 1. The molecular weight excluding hydrogens is 306 g/mol. The Kier molecular flexibility index (Phi) is 4.43. The monoisotopic (exact) mass is 321 g/mol. The largest absolute Gasteiger partial charge is 0.379 e. The third-order valence-corrected chi connectivity index (χ3v) is 4.06. The van der Waals surface area contributed by atoms with Crippen molar-refractivity contribution < 1.29 is 13.3 Å². The van der Waals surface area contributed by atoms with Crippen molar-refractivity contribution in [3.63, 3.8) is 0 Å². The summed E-state index contributed by atoms with van der Waals surface area (Å²) in [5, 5.41) is 18.9. The molecule has 22 heavy (non-hydrogen) atoms. The lowest BCUT2D eigenvalue weighted by Crippen LogP contribution is -2.13. The van der Waals surface area contributed by atoms with Crippen molar-refractivity contribution in [3.8, 4) is 0 Å². The molecule has 2 rings (SSSR count). The van der Waals surface area contributed by atoms with Crippen LogP contribution in [0.5, 0.6) is 0 Å². The van der Waals surface area contributed by atoms with Gasteiger partial charge in [-0.1, -0.05) is 12.1 Å². The zero-order chi connectivity index (χ0) is 16.3. The second kappa shape index (κ2) is 6.12. The molecule has 2 aromatic carbocycles. The molecule has 0 saturated heterocycles. The third-order valence-electron chi connectivity index (χ3n) is 3.15. The lowest BCUT2D eigenvalue weighted by Gasteiger charge is -2.16. The van der Waals surface area contributed by atoms with Crippen molar-refractivity contribution in [1.82, 2.24) is 0 Å². The second-order valence-corrected chi connectivity index (χ2v) is 6.35. The van der Waals surface area contributed by atoms with E-state index < -0.39 is 14.9 Å². The Balaban J connectivity index is 2.18. The molecule has 0 aliphatic carbocycles. The molecule has 1 unspecified atom stereocenters. The van der Waals surface area contributed by atoms with E-state index in [0.29, 0.717) is 5.69 Å². The third kappa shape index (κ3) is 3.80. The molecule has 0 bridgehead atoms. The minimum absolute atomic E-state index is 0.00873. The van der Waals surface area contributed by atoms with E-state index in [1.807, 2.05) is 6.92 Å². The second-order valence-electron chi connectivity index (χ2n) is 4.79. The molecule has 0 aliphatic heterocycles. The van der Waals surface area contributed by atoms with Gasteiger partial charge in [0.15, 0.2) is 0 Å². The van der Waals surface area contributed by atoms with E-state index in [9.17, 15) is 18.5 Å². The summed E-state index contributed by atoms with van der Waals surface area (Å²) in [7, 11) is -3.75. The van der Waals surface area contributed by atoms with Gasteiger partial charge in [0.05, 0.1) is 9.82 Å². The number of benzene rings is 2. The number of nitrogens with two attached hydrogens (primary N) is 1. The van der Waals surface area contributed by atoms with Gasteiger partial charge in [0, 0.05) is 23.9 Å². The van der Waals surface area contributed by atoms with E-state index in [2.05, 4.69) is 5.32 Å². The van der Waals surface area contributed by atoms with E-state index in [-0.39, 0.29) is 16.6 Å². The van der Waals surface area contributed by atoms with Gasteiger partial charge in [0.25, 0.3) is 5.69 Å². The average Bonchev–Trinajstić information content (AvgIpc) is 2.47. The molecule has 0 saturated carbocycles. The number of nitrogens with one attached hydrogen (secondary N) is 1. The first kappa shape index (κ1) is 15.9. The fourth-order valence-electron chi connectivity index (χ4n) is 1.97. The summed E-state index contributed by atoms with van der Waals surface area (Å²) in [6, 6.07) is 12.1. The highest BCUT2D eigenvalue weighted by Crippen LogP contribution is 2.23. The standard InChI is InChI=1S/C14H15N3O4S/c1-10(11-3-2-4-14(9-11)22(15,20)21)16-12-5-7-13(8-6-12)17(18)19/h2-10,16H,1H3,(H2,15,20,21). The summed E-state index contributed by atoms with van der Waals surface area (Å²) in [6.45, 7) is 1.85. The minimum Gasteiger partial charge on any atom is -0.379 e. The lowest BCUT2D eigenvalue weighted by molar-refractivity contribution is -0.384. The number of anilines is 1. The Hall–Kier alpha value is -2.45. The van der Waals surface area contributed by atoms with Crippen LogP contribution in [0.3, 0.4) is 0 Å². The van der Waals surface area contributed by atoms with Gasteiger partial charge in [0.1, 0.15) is 0 Å². The van der Waals surface area contributed by atoms with Crippen LogP contribution in [0.2, 0.25) is 0 Å². The van der Waals surface area contributed by atoms with Crippen LogP contribution in [-0.4, -0.2) is 13.3 Å². The molecule has 1 atom stereocenters. The molecule has 2 aromatic rings. The Morgan fingerprint density at radius 1 is 1.18 bits per heavy atom. The van der Waals surface area contributed by atoms with Gasteiger partial charge < -0.3 is 5.32 Å². The van der Waals surface area contributed by atoms with Gasteiger partial charge in [-0.15, -0.1) is 0 Å². The maximum absolute atomic E-state index is 11.4. The Labute approximate surface area is 128 Å². The molecular formula is C14H15N3O4S. The number of sulfonamides is 1. The molecule has 0 fully saturated rings. The number of nitro groups is 1. The van der Waals surface area contributed by atoms with E-state index in [1.54, 1.807) is 24.3 Å². The SMILES string of the molecule is CC(Nc1ccc([N+](=O)[O-])cc1)c1cccc(S(N)(=O)=O)c1. The number of nitrogens with zero attached hydrogens (tertiary/aromatic N) is 1. The van der Waals surface area contributed by atoms with Crippen LogP contribution >= 0.6 is 0 Å². The zero-order valence-corrected chi connectivity index (χ0v) is 12.6. The van der Waals surface area contributed by atoms with Crippen molar-refractivity contribution >= 4 is 21.4 Å². The molecule has 7 nitrogen and oxygen atoms in total. The molecule has 0 aromatic heterocycles. The van der Waals surface area contributed by atoms with Gasteiger partial charge >= 0.3 is 0 Å². The van der Waals surface area contributed by atoms with Crippen LogP contribution in [0.4, 0.5) is 11.4 Å². The van der Waals surface area contributed by atoms with Crippen molar-refractivity contribution in [2.24, 2.45) is 5.14 Å². The van der Waals surface area contributed by atoms with E-state index in [4.69, 9.17) is 5.14 Å². The molecule has 0 heterocycles. The highest BCUT2D eigenvalue weighted by molar-refractivity contribution is 7.89. The minimum atomic E-state index is -3.75. The number of primary sulfonamides is 1. The fraction of sp³-hybridized carbons (Fsp3) is 0.143. The lowest BCUT2D eigenvalue weighted by atomic mass is 10.1. The Morgan fingerprint density at radius 2 is 1.82 bits per heavy atom. The summed E-state index contributed by atoms with van der Waals surface area (Å²) in [5.74, 6) is 0. The Bertz CT molecular complexity index is 788. The van der Waals surface area contributed by atoms with Gasteiger partial charge in [-0.05, 0) is 36.8 Å². The predicted octanol–water partition coefficient (Wildman–Crippen LogP) is 2.42. The van der Waals surface area contributed by atoms with Crippen molar-refractivity contribution in [3.05, 3.63) is 64.2 Å². The fourth-order valence-corrected chi connectivity index (χ4v) is 2.54. The van der Waals surface area contributed by atoms with Gasteiger partial charge in [0.2, 0.25) is 10.0 Å².